The summed E-state index contributed by atoms with van der Waals surface area (Å²) in [6.07, 6.45) is 0. The second-order valence-corrected chi connectivity index (χ2v) is 5.55. The molecule has 1 aliphatic heterocycles. The second kappa shape index (κ2) is 5.88. The van der Waals surface area contributed by atoms with Gasteiger partial charge in [-0.1, -0.05) is 22.0 Å². The lowest BCUT2D eigenvalue weighted by molar-refractivity contribution is -0.136. The van der Waals surface area contributed by atoms with E-state index in [1.165, 1.54) is 13.2 Å². The molecule has 0 radical (unpaired) electrons. The Morgan fingerprint density at radius 1 is 1.50 bits per heavy atom. The number of esters is 1. The fourth-order valence-electron chi connectivity index (χ4n) is 2.04. The third kappa shape index (κ3) is 2.83. The number of benzene rings is 1. The largest absolute Gasteiger partial charge is 0.466 e. The number of nitrogens with one attached hydrogen (secondary N) is 2. The van der Waals surface area contributed by atoms with Crippen LogP contribution in [0.1, 0.15) is 18.5 Å². The van der Waals surface area contributed by atoms with Crippen molar-refractivity contribution in [2.75, 3.05) is 7.11 Å². The molecule has 1 atom stereocenters. The number of carbonyl (C=O) groups excluding carboxylic acids is 1. The van der Waals surface area contributed by atoms with Crippen LogP contribution in [0.25, 0.3) is 0 Å². The number of allylic oxidation sites excluding steroid dienone is 1. The molecule has 2 N–H and O–H groups in total. The molecule has 1 heterocycles. The zero-order chi connectivity index (χ0) is 14.9. The highest BCUT2D eigenvalue weighted by Gasteiger charge is 2.32. The number of carbonyl (C=O) groups is 1. The number of methoxy groups -OCH3 is 1. The number of ether oxygens (including phenoxy) is 1. The van der Waals surface area contributed by atoms with E-state index in [0.29, 0.717) is 26.4 Å². The van der Waals surface area contributed by atoms with E-state index in [0.717, 1.165) is 0 Å². The van der Waals surface area contributed by atoms with Crippen molar-refractivity contribution >= 4 is 39.2 Å². The molecule has 0 spiro atoms. The maximum atomic E-state index is 14.1. The third-order valence-corrected chi connectivity index (χ3v) is 3.66. The molecule has 0 bridgehead atoms. The van der Waals surface area contributed by atoms with E-state index in [1.54, 1.807) is 19.1 Å². The van der Waals surface area contributed by atoms with Gasteiger partial charge in [-0.15, -0.1) is 0 Å². The van der Waals surface area contributed by atoms with Gasteiger partial charge < -0.3 is 15.4 Å². The molecular formula is C13H12BrFN2O2S. The molecule has 0 aliphatic carbocycles. The van der Waals surface area contributed by atoms with Crippen LogP contribution in [0.2, 0.25) is 0 Å². The summed E-state index contributed by atoms with van der Waals surface area (Å²) in [7, 11) is 1.28. The Bertz CT molecular complexity index is 618. The quantitative estimate of drug-likeness (QED) is 0.628. The van der Waals surface area contributed by atoms with Crippen LogP contribution >= 0.6 is 28.1 Å². The minimum atomic E-state index is -0.677. The van der Waals surface area contributed by atoms with E-state index < -0.39 is 17.8 Å². The smallest absolute Gasteiger partial charge is 0.337 e. The van der Waals surface area contributed by atoms with Crippen molar-refractivity contribution in [3.05, 3.63) is 45.3 Å². The van der Waals surface area contributed by atoms with Crippen LogP contribution < -0.4 is 10.6 Å². The van der Waals surface area contributed by atoms with Gasteiger partial charge in [-0.25, -0.2) is 9.18 Å². The normalized spacial score (nSPS) is 18.4. The molecule has 1 aromatic rings. The number of thiocarbonyl (C=S) groups is 1. The Balaban J connectivity index is 2.54. The van der Waals surface area contributed by atoms with E-state index >= 15 is 0 Å². The Kier molecular flexibility index (Phi) is 4.39. The van der Waals surface area contributed by atoms with E-state index in [1.807, 2.05) is 0 Å². The minimum absolute atomic E-state index is 0.308. The predicted molar refractivity (Wildman–Crippen MR) is 80.4 cm³/mol. The zero-order valence-corrected chi connectivity index (χ0v) is 13.2. The first-order valence-corrected chi connectivity index (χ1v) is 6.95. The highest BCUT2D eigenvalue weighted by atomic mass is 79.9. The monoisotopic (exact) mass is 358 g/mol. The highest BCUT2D eigenvalue weighted by molar-refractivity contribution is 9.10. The zero-order valence-electron chi connectivity index (χ0n) is 10.8. The molecule has 0 unspecified atom stereocenters. The summed E-state index contributed by atoms with van der Waals surface area (Å²) in [6.45, 7) is 1.70. The van der Waals surface area contributed by atoms with Crippen LogP contribution in [0.5, 0.6) is 0 Å². The van der Waals surface area contributed by atoms with Gasteiger partial charge in [0.05, 0.1) is 18.7 Å². The first-order chi connectivity index (χ1) is 9.43. The van der Waals surface area contributed by atoms with Crippen LogP contribution in [0, 0.1) is 5.82 Å². The van der Waals surface area contributed by atoms with E-state index in [2.05, 4.69) is 26.6 Å². The molecule has 4 nitrogen and oxygen atoms in total. The Labute approximate surface area is 129 Å². The lowest BCUT2D eigenvalue weighted by Gasteiger charge is -2.29. The van der Waals surface area contributed by atoms with Crippen molar-refractivity contribution in [3.63, 3.8) is 0 Å². The summed E-state index contributed by atoms with van der Waals surface area (Å²) in [5.41, 5.74) is 1.19. The average molecular weight is 359 g/mol. The molecular weight excluding hydrogens is 347 g/mol. The van der Waals surface area contributed by atoms with Gasteiger partial charge >= 0.3 is 5.97 Å². The SMILES string of the molecule is COC(=O)C1=C(C)NC(=S)N[C@@H]1c1ccc(Br)cc1F. The topological polar surface area (TPSA) is 50.4 Å². The van der Waals surface area contributed by atoms with E-state index in [9.17, 15) is 9.18 Å². The van der Waals surface area contributed by atoms with Crippen LogP contribution in [-0.2, 0) is 9.53 Å². The van der Waals surface area contributed by atoms with Crippen LogP contribution in [-0.4, -0.2) is 18.2 Å². The lowest BCUT2D eigenvalue weighted by Crippen LogP contribution is -2.45. The molecule has 106 valence electrons. The van der Waals surface area contributed by atoms with Crippen LogP contribution in [0.15, 0.2) is 33.9 Å². The van der Waals surface area contributed by atoms with Crippen molar-refractivity contribution in [2.45, 2.75) is 13.0 Å². The number of halogens is 2. The van der Waals surface area contributed by atoms with Crippen molar-refractivity contribution in [1.82, 2.24) is 10.6 Å². The summed E-state index contributed by atoms with van der Waals surface area (Å²) in [5.74, 6) is -0.965. The van der Waals surface area contributed by atoms with Crippen LogP contribution in [0.3, 0.4) is 0 Å². The molecule has 2 rings (SSSR count). The van der Waals surface area contributed by atoms with Gasteiger partial charge in [0.1, 0.15) is 5.82 Å². The third-order valence-electron chi connectivity index (χ3n) is 2.95. The molecule has 0 aromatic heterocycles. The average Bonchev–Trinajstić information content (AvgIpc) is 2.37. The van der Waals surface area contributed by atoms with E-state index in [4.69, 9.17) is 17.0 Å². The summed E-state index contributed by atoms with van der Waals surface area (Å²) < 4.78 is 19.5. The highest BCUT2D eigenvalue weighted by Crippen LogP contribution is 2.30. The van der Waals surface area contributed by atoms with Gasteiger partial charge in [0.2, 0.25) is 0 Å². The molecule has 0 fully saturated rings. The van der Waals surface area contributed by atoms with Gasteiger partial charge in [0.15, 0.2) is 5.11 Å². The molecule has 7 heteroatoms. The fourth-order valence-corrected chi connectivity index (χ4v) is 2.65. The maximum absolute atomic E-state index is 14.1. The standard InChI is InChI=1S/C13H12BrFN2O2S/c1-6-10(12(18)19-2)11(17-13(20)16-6)8-4-3-7(14)5-9(8)15/h3-5,11H,1-2H3,(H2,16,17,20)/t11-/m1/s1. The fraction of sp³-hybridized carbons (Fsp3) is 0.231. The summed E-state index contributed by atoms with van der Waals surface area (Å²) >= 11 is 8.26. The number of hydrogen-bond acceptors (Lipinski definition) is 3. The van der Waals surface area contributed by atoms with Crippen molar-refractivity contribution < 1.29 is 13.9 Å². The molecule has 0 saturated carbocycles. The predicted octanol–water partition coefficient (Wildman–Crippen LogP) is 2.55. The second-order valence-electron chi connectivity index (χ2n) is 4.23. The van der Waals surface area contributed by atoms with Gasteiger partial charge in [-0.3, -0.25) is 0 Å². The van der Waals surface area contributed by atoms with Gasteiger partial charge in [0, 0.05) is 15.7 Å². The summed E-state index contributed by atoms with van der Waals surface area (Å²) in [5, 5.41) is 6.07. The number of hydrogen-bond donors (Lipinski definition) is 2. The van der Waals surface area contributed by atoms with Gasteiger partial charge in [-0.05, 0) is 31.3 Å². The van der Waals surface area contributed by atoms with Crippen molar-refractivity contribution in [2.24, 2.45) is 0 Å². The minimum Gasteiger partial charge on any atom is -0.466 e. The van der Waals surface area contributed by atoms with Gasteiger partial charge in [-0.2, -0.15) is 0 Å². The van der Waals surface area contributed by atoms with E-state index in [-0.39, 0.29) is 0 Å². The Morgan fingerprint density at radius 2 is 2.20 bits per heavy atom. The lowest BCUT2D eigenvalue weighted by atomic mass is 9.95. The first-order valence-electron chi connectivity index (χ1n) is 5.75. The Hall–Kier alpha value is -1.47. The summed E-state index contributed by atoms with van der Waals surface area (Å²) in [4.78, 5) is 11.9. The molecule has 0 amide bonds. The first kappa shape index (κ1) is 14.9. The number of rotatable bonds is 2. The van der Waals surface area contributed by atoms with Crippen LogP contribution in [0.4, 0.5) is 4.39 Å². The van der Waals surface area contributed by atoms with Crippen molar-refractivity contribution in [3.8, 4) is 0 Å². The molecule has 20 heavy (non-hydrogen) atoms. The Morgan fingerprint density at radius 3 is 2.80 bits per heavy atom. The summed E-state index contributed by atoms with van der Waals surface area (Å²) in [6, 6.07) is 3.97. The van der Waals surface area contributed by atoms with Gasteiger partial charge in [0.25, 0.3) is 0 Å². The molecule has 1 aromatic carbocycles. The molecule has 1 aliphatic rings. The maximum Gasteiger partial charge on any atom is 0.337 e. The van der Waals surface area contributed by atoms with Crippen molar-refractivity contribution in [1.29, 1.82) is 0 Å². The molecule has 0 saturated heterocycles.